The van der Waals surface area contributed by atoms with Crippen molar-refractivity contribution in [2.45, 2.75) is 33.6 Å². The van der Waals surface area contributed by atoms with E-state index < -0.39 is 5.92 Å². The zero-order valence-corrected chi connectivity index (χ0v) is 22.4. The molecule has 3 N–H and O–H groups in total. The summed E-state index contributed by atoms with van der Waals surface area (Å²) in [5, 5.41) is 3.23. The Morgan fingerprint density at radius 1 is 1.03 bits per heavy atom. The fourth-order valence-corrected chi connectivity index (χ4v) is 4.33. The molecule has 1 fully saturated rings. The van der Waals surface area contributed by atoms with Crippen molar-refractivity contribution in [3.8, 4) is 5.75 Å². The van der Waals surface area contributed by atoms with Crippen LogP contribution in [0.1, 0.15) is 30.0 Å². The highest BCUT2D eigenvalue weighted by molar-refractivity contribution is 6.31. The first-order chi connectivity index (χ1) is 18.2. The molecule has 3 amide bonds. The number of carbonyl (C=O) groups is 3. The van der Waals surface area contributed by atoms with Crippen LogP contribution >= 0.6 is 11.6 Å². The van der Waals surface area contributed by atoms with Gasteiger partial charge in [-0.25, -0.2) is 0 Å². The molecule has 1 aliphatic rings. The van der Waals surface area contributed by atoms with Gasteiger partial charge >= 0.3 is 0 Å². The van der Waals surface area contributed by atoms with Crippen LogP contribution in [0.3, 0.4) is 0 Å². The Labute approximate surface area is 227 Å². The summed E-state index contributed by atoms with van der Waals surface area (Å²) in [7, 11) is 0. The molecule has 198 valence electrons. The molecule has 0 unspecified atom stereocenters. The van der Waals surface area contributed by atoms with E-state index in [1.165, 1.54) is 5.56 Å². The van der Waals surface area contributed by atoms with Crippen molar-refractivity contribution in [1.82, 2.24) is 5.43 Å². The summed E-state index contributed by atoms with van der Waals surface area (Å²) >= 11 is 6.15. The highest BCUT2D eigenvalue weighted by atomic mass is 35.5. The van der Waals surface area contributed by atoms with Crippen LogP contribution in [0.4, 0.5) is 17.1 Å². The van der Waals surface area contributed by atoms with Crippen molar-refractivity contribution >= 4 is 46.4 Å². The van der Waals surface area contributed by atoms with E-state index in [0.29, 0.717) is 22.1 Å². The zero-order valence-electron chi connectivity index (χ0n) is 21.6. The molecule has 0 bridgehead atoms. The maximum absolute atomic E-state index is 12.9. The lowest BCUT2D eigenvalue weighted by Crippen LogP contribution is -2.36. The molecular formula is C29H31ClN4O4. The Kier molecular flexibility index (Phi) is 8.53. The number of halogens is 1. The van der Waals surface area contributed by atoms with Gasteiger partial charge < -0.3 is 15.0 Å². The van der Waals surface area contributed by atoms with Gasteiger partial charge in [-0.2, -0.15) is 0 Å². The number of amides is 3. The van der Waals surface area contributed by atoms with Crippen LogP contribution in [0.25, 0.3) is 0 Å². The fourth-order valence-electron chi connectivity index (χ4n) is 4.16. The number of ether oxygens (including phenoxy) is 1. The van der Waals surface area contributed by atoms with E-state index in [9.17, 15) is 14.4 Å². The molecule has 1 atom stereocenters. The second-order valence-corrected chi connectivity index (χ2v) is 9.75. The number of benzene rings is 3. The molecule has 1 aliphatic heterocycles. The van der Waals surface area contributed by atoms with Crippen LogP contribution in [-0.2, 0) is 20.8 Å². The van der Waals surface area contributed by atoms with Gasteiger partial charge in [0.05, 0.1) is 11.6 Å². The molecule has 0 saturated carbocycles. The topological polar surface area (TPSA) is 99.8 Å². The van der Waals surface area contributed by atoms with Crippen molar-refractivity contribution in [1.29, 1.82) is 0 Å². The van der Waals surface area contributed by atoms with E-state index in [1.54, 1.807) is 23.1 Å². The predicted molar refractivity (Wildman–Crippen MR) is 150 cm³/mol. The molecule has 3 aromatic rings. The van der Waals surface area contributed by atoms with Crippen LogP contribution in [0.5, 0.6) is 5.75 Å². The van der Waals surface area contributed by atoms with E-state index in [1.807, 2.05) is 56.3 Å². The number of aryl methyl sites for hydroxylation is 3. The first kappa shape index (κ1) is 27.0. The third-order valence-electron chi connectivity index (χ3n) is 6.56. The van der Waals surface area contributed by atoms with E-state index in [2.05, 4.69) is 23.1 Å². The van der Waals surface area contributed by atoms with Gasteiger partial charge in [0, 0.05) is 29.4 Å². The van der Waals surface area contributed by atoms with Crippen molar-refractivity contribution in [3.05, 3.63) is 82.4 Å². The minimum absolute atomic E-state index is 0.101. The summed E-state index contributed by atoms with van der Waals surface area (Å²) in [6.07, 6.45) is 1.03. The average molecular weight is 535 g/mol. The average Bonchev–Trinajstić information content (AvgIpc) is 3.30. The summed E-state index contributed by atoms with van der Waals surface area (Å²) in [6, 6.07) is 18.3. The normalized spacial score (nSPS) is 14.8. The number of carbonyl (C=O) groups excluding carboxylic acids is 3. The maximum atomic E-state index is 12.9. The Morgan fingerprint density at radius 3 is 2.50 bits per heavy atom. The lowest BCUT2D eigenvalue weighted by molar-refractivity contribution is -0.125. The predicted octanol–water partition coefficient (Wildman–Crippen LogP) is 5.03. The quantitative estimate of drug-likeness (QED) is 0.334. The van der Waals surface area contributed by atoms with E-state index in [0.717, 1.165) is 23.2 Å². The zero-order chi connectivity index (χ0) is 27.2. The van der Waals surface area contributed by atoms with Gasteiger partial charge in [0.15, 0.2) is 6.61 Å². The lowest BCUT2D eigenvalue weighted by Gasteiger charge is -2.18. The first-order valence-electron chi connectivity index (χ1n) is 12.5. The summed E-state index contributed by atoms with van der Waals surface area (Å²) in [5.74, 6) is -0.937. The Hall–Kier alpha value is -4.04. The highest BCUT2D eigenvalue weighted by Crippen LogP contribution is 2.29. The Morgan fingerprint density at radius 2 is 1.79 bits per heavy atom. The van der Waals surface area contributed by atoms with E-state index in [4.69, 9.17) is 16.3 Å². The third kappa shape index (κ3) is 6.63. The highest BCUT2D eigenvalue weighted by Gasteiger charge is 2.35. The molecule has 1 saturated heterocycles. The molecule has 0 aromatic heterocycles. The van der Waals surface area contributed by atoms with Crippen LogP contribution in [0, 0.1) is 19.8 Å². The number of anilines is 3. The number of nitrogens with one attached hydrogen (secondary N) is 3. The molecular weight excluding hydrogens is 504 g/mol. The van der Waals surface area contributed by atoms with Crippen LogP contribution in [0.2, 0.25) is 5.02 Å². The van der Waals surface area contributed by atoms with E-state index in [-0.39, 0.29) is 37.3 Å². The molecule has 4 rings (SSSR count). The number of hydrogen-bond donors (Lipinski definition) is 3. The molecule has 0 aliphatic carbocycles. The molecule has 1 heterocycles. The molecule has 0 spiro atoms. The van der Waals surface area contributed by atoms with Gasteiger partial charge in [-0.15, -0.1) is 0 Å². The van der Waals surface area contributed by atoms with Gasteiger partial charge in [0.1, 0.15) is 5.75 Å². The minimum Gasteiger partial charge on any atom is -0.482 e. The Balaban J connectivity index is 1.33. The summed E-state index contributed by atoms with van der Waals surface area (Å²) < 4.78 is 5.70. The lowest BCUT2D eigenvalue weighted by atomic mass is 10.1. The standard InChI is InChI=1S/C29H31ClN4O4/c1-4-20-6-10-24(11-7-20)34-16-21(14-28(34)36)29(37)33-32-25-15-22(30)8-12-26(25)38-17-27(35)31-23-9-5-18(2)19(3)13-23/h5-13,15,21,32H,4,14,16-17H2,1-3H3,(H,31,35)(H,33,37)/t21-/m0/s1. The van der Waals surface area contributed by atoms with Gasteiger partial charge in [-0.05, 0) is 79.4 Å². The van der Waals surface area contributed by atoms with Crippen LogP contribution < -0.4 is 25.8 Å². The Bertz CT molecular complexity index is 1340. The maximum Gasteiger partial charge on any atom is 0.262 e. The molecule has 0 radical (unpaired) electrons. The minimum atomic E-state index is -0.520. The third-order valence-corrected chi connectivity index (χ3v) is 6.80. The fraction of sp³-hybridized carbons (Fsp3) is 0.276. The van der Waals surface area contributed by atoms with Gasteiger partial charge in [-0.3, -0.25) is 25.2 Å². The van der Waals surface area contributed by atoms with Crippen molar-refractivity contribution in [3.63, 3.8) is 0 Å². The van der Waals surface area contributed by atoms with Crippen LogP contribution in [0.15, 0.2) is 60.7 Å². The molecule has 9 heteroatoms. The smallest absolute Gasteiger partial charge is 0.262 e. The van der Waals surface area contributed by atoms with Crippen molar-refractivity contribution in [2.75, 3.05) is 28.8 Å². The van der Waals surface area contributed by atoms with Gasteiger partial charge in [0.2, 0.25) is 11.8 Å². The monoisotopic (exact) mass is 534 g/mol. The van der Waals surface area contributed by atoms with E-state index >= 15 is 0 Å². The van der Waals surface area contributed by atoms with Gasteiger partial charge in [0.25, 0.3) is 5.91 Å². The van der Waals surface area contributed by atoms with Crippen molar-refractivity contribution < 1.29 is 19.1 Å². The van der Waals surface area contributed by atoms with Crippen molar-refractivity contribution in [2.24, 2.45) is 5.92 Å². The second kappa shape index (κ2) is 12.0. The SMILES string of the molecule is CCc1ccc(N2C[C@@H](C(=O)NNc3cc(Cl)ccc3OCC(=O)Nc3ccc(C)c(C)c3)CC2=O)cc1. The number of hydrazine groups is 1. The summed E-state index contributed by atoms with van der Waals surface area (Å²) in [5.41, 5.74) is 10.7. The number of nitrogens with zero attached hydrogens (tertiary/aromatic N) is 1. The second-order valence-electron chi connectivity index (χ2n) is 9.32. The largest absolute Gasteiger partial charge is 0.482 e. The number of hydrogen-bond acceptors (Lipinski definition) is 5. The first-order valence-corrected chi connectivity index (χ1v) is 12.9. The van der Waals surface area contributed by atoms with Gasteiger partial charge in [-0.1, -0.05) is 36.7 Å². The molecule has 8 nitrogen and oxygen atoms in total. The van der Waals surface area contributed by atoms with Crippen LogP contribution in [-0.4, -0.2) is 30.9 Å². The molecule has 38 heavy (non-hydrogen) atoms. The summed E-state index contributed by atoms with van der Waals surface area (Å²) in [6.45, 7) is 6.10. The molecule has 3 aromatic carbocycles. The number of rotatable bonds is 9. The summed E-state index contributed by atoms with van der Waals surface area (Å²) in [4.78, 5) is 39.5.